The maximum Gasteiger partial charge on any atom is 0.254 e. The van der Waals surface area contributed by atoms with Crippen molar-refractivity contribution in [2.24, 2.45) is 0 Å². The molecular formula is C23H20N2O3S. The second kappa shape index (κ2) is 7.98. The summed E-state index contributed by atoms with van der Waals surface area (Å²) in [5.41, 5.74) is 3.33. The molecule has 0 N–H and O–H groups in total. The average molecular weight is 404 g/mol. The molecule has 1 amide bonds. The lowest BCUT2D eigenvalue weighted by molar-refractivity contribution is 0.0697. The summed E-state index contributed by atoms with van der Waals surface area (Å²) in [5, 5.41) is 11.0. The predicted molar refractivity (Wildman–Crippen MR) is 112 cm³/mol. The first-order valence-electron chi connectivity index (χ1n) is 9.25. The van der Waals surface area contributed by atoms with Gasteiger partial charge in [0.25, 0.3) is 5.91 Å². The number of ether oxygens (including phenoxy) is 2. The van der Waals surface area contributed by atoms with Crippen LogP contribution >= 0.6 is 11.3 Å². The summed E-state index contributed by atoms with van der Waals surface area (Å²) < 4.78 is 11.0. The molecule has 1 unspecified atom stereocenters. The monoisotopic (exact) mass is 404 g/mol. The Balaban J connectivity index is 1.79. The van der Waals surface area contributed by atoms with Gasteiger partial charge in [0.1, 0.15) is 0 Å². The Hall–Kier alpha value is -3.30. The molecule has 0 fully saturated rings. The number of hydrogen-bond donors (Lipinski definition) is 0. The van der Waals surface area contributed by atoms with Gasteiger partial charge in [0, 0.05) is 17.0 Å². The fourth-order valence-corrected chi connectivity index (χ4v) is 4.63. The molecule has 0 spiro atoms. The number of amides is 1. The van der Waals surface area contributed by atoms with Crippen LogP contribution in [0.25, 0.3) is 0 Å². The fraction of sp³-hybridized carbons (Fsp3) is 0.217. The lowest BCUT2D eigenvalue weighted by atomic mass is 9.90. The Labute approximate surface area is 173 Å². The molecule has 0 saturated heterocycles. The van der Waals surface area contributed by atoms with E-state index in [1.807, 2.05) is 28.5 Å². The Kier molecular flexibility index (Phi) is 5.24. The van der Waals surface area contributed by atoms with E-state index >= 15 is 0 Å². The standard InChI is InChI=1S/C23H20N2O3S/c1-27-19-12-17-9-10-25(23(26)16-7-5-15(14-24)6-8-16)22(21-4-3-11-29-21)18(17)13-20(19)28-2/h3-8,11-13,22H,9-10H2,1-2H3. The van der Waals surface area contributed by atoms with Crippen LogP contribution in [-0.4, -0.2) is 31.6 Å². The van der Waals surface area contributed by atoms with E-state index in [1.54, 1.807) is 49.8 Å². The highest BCUT2D eigenvalue weighted by Crippen LogP contribution is 2.42. The van der Waals surface area contributed by atoms with Crippen LogP contribution in [0.1, 0.15) is 38.0 Å². The van der Waals surface area contributed by atoms with Crippen molar-refractivity contribution in [1.29, 1.82) is 5.26 Å². The van der Waals surface area contributed by atoms with E-state index in [2.05, 4.69) is 12.1 Å². The minimum Gasteiger partial charge on any atom is -0.493 e. The van der Waals surface area contributed by atoms with Crippen LogP contribution in [0.3, 0.4) is 0 Å². The first-order chi connectivity index (χ1) is 14.2. The fourth-order valence-electron chi connectivity index (χ4n) is 3.77. The van der Waals surface area contributed by atoms with Crippen LogP contribution in [0.15, 0.2) is 53.9 Å². The van der Waals surface area contributed by atoms with E-state index in [1.165, 1.54) is 0 Å². The van der Waals surface area contributed by atoms with Crippen molar-refractivity contribution < 1.29 is 14.3 Å². The van der Waals surface area contributed by atoms with Gasteiger partial charge in [-0.05, 0) is 65.4 Å². The summed E-state index contributed by atoms with van der Waals surface area (Å²) in [7, 11) is 3.25. The van der Waals surface area contributed by atoms with Gasteiger partial charge in [-0.15, -0.1) is 11.3 Å². The number of fused-ring (bicyclic) bond motifs is 1. The topological polar surface area (TPSA) is 62.6 Å². The van der Waals surface area contributed by atoms with Crippen molar-refractivity contribution in [3.63, 3.8) is 0 Å². The number of thiophene rings is 1. The molecule has 3 aromatic rings. The van der Waals surface area contributed by atoms with Crippen molar-refractivity contribution in [3.8, 4) is 17.6 Å². The summed E-state index contributed by atoms with van der Waals surface area (Å²) in [6, 6.07) is 16.7. The molecule has 0 aliphatic carbocycles. The Morgan fingerprint density at radius 1 is 1.14 bits per heavy atom. The third-order valence-electron chi connectivity index (χ3n) is 5.21. The highest BCUT2D eigenvalue weighted by molar-refractivity contribution is 7.10. The van der Waals surface area contributed by atoms with Gasteiger partial charge in [-0.3, -0.25) is 4.79 Å². The van der Waals surface area contributed by atoms with E-state index in [-0.39, 0.29) is 11.9 Å². The summed E-state index contributed by atoms with van der Waals surface area (Å²) in [6.07, 6.45) is 0.736. The van der Waals surface area contributed by atoms with Crippen molar-refractivity contribution in [1.82, 2.24) is 4.90 Å². The summed E-state index contributed by atoms with van der Waals surface area (Å²) >= 11 is 1.63. The van der Waals surface area contributed by atoms with Crippen molar-refractivity contribution in [3.05, 3.63) is 81.0 Å². The number of rotatable bonds is 4. The first-order valence-corrected chi connectivity index (χ1v) is 10.1. The van der Waals surface area contributed by atoms with Gasteiger partial charge in [-0.1, -0.05) is 6.07 Å². The zero-order valence-corrected chi connectivity index (χ0v) is 17.0. The molecule has 0 saturated carbocycles. The highest BCUT2D eigenvalue weighted by Gasteiger charge is 2.34. The second-order valence-corrected chi connectivity index (χ2v) is 7.74. The normalized spacial score (nSPS) is 15.3. The number of carbonyl (C=O) groups excluding carboxylic acids is 1. The van der Waals surface area contributed by atoms with Crippen LogP contribution in [0.5, 0.6) is 11.5 Å². The van der Waals surface area contributed by atoms with E-state index in [4.69, 9.17) is 14.7 Å². The van der Waals surface area contributed by atoms with Crippen LogP contribution in [0, 0.1) is 11.3 Å². The predicted octanol–water partition coefficient (Wildman–Crippen LogP) is 4.42. The molecule has 0 radical (unpaired) electrons. The molecule has 5 nitrogen and oxygen atoms in total. The maximum absolute atomic E-state index is 13.4. The zero-order chi connectivity index (χ0) is 20.4. The first kappa shape index (κ1) is 19.0. The molecule has 2 aromatic carbocycles. The molecule has 29 heavy (non-hydrogen) atoms. The Morgan fingerprint density at radius 3 is 2.48 bits per heavy atom. The molecule has 4 rings (SSSR count). The zero-order valence-electron chi connectivity index (χ0n) is 16.2. The van der Waals surface area contributed by atoms with Crippen LogP contribution in [-0.2, 0) is 6.42 Å². The smallest absolute Gasteiger partial charge is 0.254 e. The molecule has 1 atom stereocenters. The number of hydrogen-bond acceptors (Lipinski definition) is 5. The lowest BCUT2D eigenvalue weighted by Crippen LogP contribution is -2.40. The van der Waals surface area contributed by atoms with Crippen LogP contribution in [0.2, 0.25) is 0 Å². The van der Waals surface area contributed by atoms with Crippen molar-refractivity contribution in [2.75, 3.05) is 20.8 Å². The van der Waals surface area contributed by atoms with Crippen molar-refractivity contribution >= 4 is 17.2 Å². The van der Waals surface area contributed by atoms with Crippen LogP contribution in [0.4, 0.5) is 0 Å². The largest absolute Gasteiger partial charge is 0.493 e. The number of methoxy groups -OCH3 is 2. The highest BCUT2D eigenvalue weighted by atomic mass is 32.1. The maximum atomic E-state index is 13.4. The molecule has 2 heterocycles. The molecule has 1 aliphatic heterocycles. The molecule has 1 aromatic heterocycles. The summed E-state index contributed by atoms with van der Waals surface area (Å²) in [5.74, 6) is 1.30. The summed E-state index contributed by atoms with van der Waals surface area (Å²) in [6.45, 7) is 0.601. The second-order valence-electron chi connectivity index (χ2n) is 6.76. The number of nitriles is 1. The van der Waals surface area contributed by atoms with E-state index in [9.17, 15) is 4.79 Å². The number of benzene rings is 2. The van der Waals surface area contributed by atoms with E-state index in [0.29, 0.717) is 29.2 Å². The van der Waals surface area contributed by atoms with Gasteiger partial charge in [0.2, 0.25) is 0 Å². The minimum atomic E-state index is -0.193. The average Bonchev–Trinajstić information content (AvgIpc) is 3.31. The molecule has 146 valence electrons. The van der Waals surface area contributed by atoms with Gasteiger partial charge in [0.05, 0.1) is 31.9 Å². The minimum absolute atomic E-state index is 0.0478. The molecular weight excluding hydrogens is 384 g/mol. The third-order valence-corrected chi connectivity index (χ3v) is 6.13. The molecule has 1 aliphatic rings. The van der Waals surface area contributed by atoms with E-state index < -0.39 is 0 Å². The number of carbonyl (C=O) groups is 1. The Morgan fingerprint density at radius 2 is 1.86 bits per heavy atom. The lowest BCUT2D eigenvalue weighted by Gasteiger charge is -2.37. The molecule has 0 bridgehead atoms. The van der Waals surface area contributed by atoms with Gasteiger partial charge in [-0.2, -0.15) is 5.26 Å². The number of nitrogens with zero attached hydrogens (tertiary/aromatic N) is 2. The quantitative estimate of drug-likeness (QED) is 0.646. The van der Waals surface area contributed by atoms with Gasteiger partial charge >= 0.3 is 0 Å². The van der Waals surface area contributed by atoms with Crippen molar-refractivity contribution in [2.45, 2.75) is 12.5 Å². The third kappa shape index (κ3) is 3.45. The molecule has 6 heteroatoms. The van der Waals surface area contributed by atoms with E-state index in [0.717, 1.165) is 22.4 Å². The summed E-state index contributed by atoms with van der Waals surface area (Å²) in [4.78, 5) is 16.4. The van der Waals surface area contributed by atoms with Gasteiger partial charge in [0.15, 0.2) is 11.5 Å². The van der Waals surface area contributed by atoms with Crippen LogP contribution < -0.4 is 9.47 Å². The van der Waals surface area contributed by atoms with Gasteiger partial charge in [-0.25, -0.2) is 0 Å². The Bertz CT molecular complexity index is 1070. The van der Waals surface area contributed by atoms with Gasteiger partial charge < -0.3 is 14.4 Å². The SMILES string of the molecule is COc1cc2c(cc1OC)C(c1cccs1)N(C(=O)c1ccc(C#N)cc1)CC2.